The van der Waals surface area contributed by atoms with Gasteiger partial charge >= 0.3 is 0 Å². The topological polar surface area (TPSA) is 47.9 Å². The molecule has 0 bridgehead atoms. The van der Waals surface area contributed by atoms with Gasteiger partial charge in [0.2, 0.25) is 0 Å². The number of benzene rings is 1. The summed E-state index contributed by atoms with van der Waals surface area (Å²) in [4.78, 5) is 6.63. The highest BCUT2D eigenvalue weighted by Gasteiger charge is 2.31. The smallest absolute Gasteiger partial charge is 0.194 e. The van der Waals surface area contributed by atoms with Gasteiger partial charge < -0.3 is 15.3 Å². The number of aliphatic imine (C=N–C) groups is 1. The molecule has 1 aliphatic heterocycles. The summed E-state index contributed by atoms with van der Waals surface area (Å²) < 4.78 is 0. The fourth-order valence-corrected chi connectivity index (χ4v) is 4.00. The standard InChI is InChI=1S/C16H23Cl2N3OS/c1-3-19-15(20-10-16(22)6-7-23-11-16)21(2)9-12-4-5-13(17)14(18)8-12/h4-5,8,22H,3,6-7,9-11H2,1-2H3,(H,19,20). The first-order chi connectivity index (χ1) is 10.9. The van der Waals surface area contributed by atoms with Crippen molar-refractivity contribution in [2.24, 2.45) is 4.99 Å². The minimum atomic E-state index is -0.671. The Balaban J connectivity index is 2.04. The molecule has 1 fully saturated rings. The first kappa shape index (κ1) is 18.7. The Morgan fingerprint density at radius 1 is 1.43 bits per heavy atom. The van der Waals surface area contributed by atoms with Crippen molar-refractivity contribution in [1.29, 1.82) is 0 Å². The predicted octanol–water partition coefficient (Wildman–Crippen LogP) is 3.26. The number of nitrogens with one attached hydrogen (secondary N) is 1. The highest BCUT2D eigenvalue weighted by Crippen LogP contribution is 2.28. The molecule has 128 valence electrons. The van der Waals surface area contributed by atoms with Crippen molar-refractivity contribution < 1.29 is 5.11 Å². The fourth-order valence-electron chi connectivity index (χ4n) is 2.40. The van der Waals surface area contributed by atoms with E-state index in [1.54, 1.807) is 17.8 Å². The van der Waals surface area contributed by atoms with Gasteiger partial charge in [0.15, 0.2) is 5.96 Å². The predicted molar refractivity (Wildman–Crippen MR) is 101 cm³/mol. The molecule has 1 aromatic carbocycles. The minimum Gasteiger partial charge on any atom is -0.387 e. The van der Waals surface area contributed by atoms with E-state index in [1.165, 1.54) is 0 Å². The molecule has 0 radical (unpaired) electrons. The Morgan fingerprint density at radius 3 is 2.83 bits per heavy atom. The Kier molecular flexibility index (Phi) is 6.89. The molecule has 0 spiro atoms. The molecule has 1 heterocycles. The summed E-state index contributed by atoms with van der Waals surface area (Å²) in [5, 5.41) is 14.8. The van der Waals surface area contributed by atoms with Crippen LogP contribution in [0.25, 0.3) is 0 Å². The molecule has 1 unspecified atom stereocenters. The van der Waals surface area contributed by atoms with E-state index in [9.17, 15) is 5.11 Å². The van der Waals surface area contributed by atoms with Crippen LogP contribution in [0, 0.1) is 0 Å². The number of aliphatic hydroxyl groups is 1. The van der Waals surface area contributed by atoms with Crippen LogP contribution in [-0.2, 0) is 6.54 Å². The van der Waals surface area contributed by atoms with E-state index >= 15 is 0 Å². The number of thioether (sulfide) groups is 1. The molecular formula is C16H23Cl2N3OS. The van der Waals surface area contributed by atoms with E-state index in [4.69, 9.17) is 23.2 Å². The fraction of sp³-hybridized carbons (Fsp3) is 0.562. The van der Waals surface area contributed by atoms with Gasteiger partial charge in [-0.3, -0.25) is 4.99 Å². The second-order valence-corrected chi connectivity index (χ2v) is 7.72. The lowest BCUT2D eigenvalue weighted by atomic mass is 10.0. The minimum absolute atomic E-state index is 0.425. The molecule has 0 saturated carbocycles. The maximum Gasteiger partial charge on any atom is 0.194 e. The van der Waals surface area contributed by atoms with E-state index in [2.05, 4.69) is 10.3 Å². The molecule has 2 rings (SSSR count). The quantitative estimate of drug-likeness (QED) is 0.612. The van der Waals surface area contributed by atoms with Crippen LogP contribution in [0.4, 0.5) is 0 Å². The molecule has 7 heteroatoms. The van der Waals surface area contributed by atoms with Crippen molar-refractivity contribution in [1.82, 2.24) is 10.2 Å². The van der Waals surface area contributed by atoms with Crippen LogP contribution >= 0.6 is 35.0 Å². The van der Waals surface area contributed by atoms with Gasteiger partial charge in [-0.1, -0.05) is 29.3 Å². The number of rotatable bonds is 5. The average Bonchev–Trinajstić information content (AvgIpc) is 2.94. The number of halogens is 2. The highest BCUT2D eigenvalue weighted by atomic mass is 35.5. The van der Waals surface area contributed by atoms with Crippen molar-refractivity contribution in [2.75, 3.05) is 31.6 Å². The van der Waals surface area contributed by atoms with Crippen LogP contribution in [0.15, 0.2) is 23.2 Å². The lowest BCUT2D eigenvalue weighted by Crippen LogP contribution is -2.41. The van der Waals surface area contributed by atoms with Crippen molar-refractivity contribution in [2.45, 2.75) is 25.5 Å². The summed E-state index contributed by atoms with van der Waals surface area (Å²) in [6.45, 7) is 3.89. The molecule has 0 aromatic heterocycles. The van der Waals surface area contributed by atoms with E-state index in [-0.39, 0.29) is 0 Å². The maximum atomic E-state index is 10.4. The van der Waals surface area contributed by atoms with Gasteiger partial charge in [-0.2, -0.15) is 11.8 Å². The molecule has 0 amide bonds. The maximum absolute atomic E-state index is 10.4. The average molecular weight is 376 g/mol. The zero-order valence-corrected chi connectivity index (χ0v) is 15.8. The Bertz CT molecular complexity index is 562. The molecule has 1 aromatic rings. The van der Waals surface area contributed by atoms with Gasteiger partial charge in [0.25, 0.3) is 0 Å². The van der Waals surface area contributed by atoms with Crippen LogP contribution in [0.3, 0.4) is 0 Å². The molecule has 1 atom stereocenters. The van der Waals surface area contributed by atoms with Crippen LogP contribution in [-0.4, -0.2) is 53.2 Å². The summed E-state index contributed by atoms with van der Waals surface area (Å²) in [5.41, 5.74) is 0.387. The number of hydrogen-bond acceptors (Lipinski definition) is 3. The summed E-state index contributed by atoms with van der Waals surface area (Å²) in [5.74, 6) is 2.54. The molecule has 2 N–H and O–H groups in total. The van der Waals surface area contributed by atoms with E-state index in [0.29, 0.717) is 23.1 Å². The monoisotopic (exact) mass is 375 g/mol. The summed E-state index contributed by atoms with van der Waals surface area (Å²) >= 11 is 13.8. The van der Waals surface area contributed by atoms with Gasteiger partial charge in [-0.05, 0) is 36.8 Å². The molecular weight excluding hydrogens is 353 g/mol. The van der Waals surface area contributed by atoms with Gasteiger partial charge in [0.1, 0.15) is 0 Å². The first-order valence-corrected chi connectivity index (χ1v) is 9.58. The van der Waals surface area contributed by atoms with Gasteiger partial charge in [0, 0.05) is 25.9 Å². The van der Waals surface area contributed by atoms with Gasteiger partial charge in [-0.25, -0.2) is 0 Å². The third-order valence-electron chi connectivity index (χ3n) is 3.71. The van der Waals surface area contributed by atoms with Crippen molar-refractivity contribution >= 4 is 40.9 Å². The second kappa shape index (κ2) is 8.47. The number of hydrogen-bond donors (Lipinski definition) is 2. The molecule has 4 nitrogen and oxygen atoms in total. The Labute approximate surface area is 152 Å². The summed E-state index contributed by atoms with van der Waals surface area (Å²) in [6.07, 6.45) is 0.803. The van der Waals surface area contributed by atoms with Crippen molar-refractivity contribution in [3.05, 3.63) is 33.8 Å². The van der Waals surface area contributed by atoms with Crippen molar-refractivity contribution in [3.63, 3.8) is 0 Å². The molecule has 23 heavy (non-hydrogen) atoms. The van der Waals surface area contributed by atoms with E-state index < -0.39 is 5.60 Å². The van der Waals surface area contributed by atoms with E-state index in [1.807, 2.05) is 31.0 Å². The lowest BCUT2D eigenvalue weighted by Gasteiger charge is -2.25. The molecule has 1 aliphatic rings. The zero-order valence-electron chi connectivity index (χ0n) is 13.5. The number of nitrogens with zero attached hydrogens (tertiary/aromatic N) is 2. The van der Waals surface area contributed by atoms with Crippen molar-refractivity contribution in [3.8, 4) is 0 Å². The lowest BCUT2D eigenvalue weighted by molar-refractivity contribution is 0.0776. The highest BCUT2D eigenvalue weighted by molar-refractivity contribution is 7.99. The Morgan fingerprint density at radius 2 is 2.22 bits per heavy atom. The van der Waals surface area contributed by atoms with Crippen LogP contribution in [0.1, 0.15) is 18.9 Å². The van der Waals surface area contributed by atoms with E-state index in [0.717, 1.165) is 36.0 Å². The van der Waals surface area contributed by atoms with Crippen LogP contribution in [0.5, 0.6) is 0 Å². The largest absolute Gasteiger partial charge is 0.387 e. The number of guanidine groups is 1. The summed E-state index contributed by atoms with van der Waals surface area (Å²) in [6, 6.07) is 5.62. The van der Waals surface area contributed by atoms with Gasteiger partial charge in [-0.15, -0.1) is 0 Å². The molecule has 1 saturated heterocycles. The van der Waals surface area contributed by atoms with Crippen LogP contribution < -0.4 is 5.32 Å². The Hall–Kier alpha value is -0.620. The second-order valence-electron chi connectivity index (χ2n) is 5.80. The summed E-state index contributed by atoms with van der Waals surface area (Å²) in [7, 11) is 1.97. The molecule has 0 aliphatic carbocycles. The zero-order chi connectivity index (χ0) is 16.9. The third-order valence-corrected chi connectivity index (χ3v) is 5.68. The van der Waals surface area contributed by atoms with Crippen LogP contribution in [0.2, 0.25) is 10.0 Å². The third kappa shape index (κ3) is 5.45. The normalized spacial score (nSPS) is 21.5. The SMILES string of the molecule is CCNC(=NCC1(O)CCSC1)N(C)Cc1ccc(Cl)c(Cl)c1. The van der Waals surface area contributed by atoms with Gasteiger partial charge in [0.05, 0.1) is 22.2 Å². The first-order valence-electron chi connectivity index (χ1n) is 7.67.